The molecule has 2 aromatic carbocycles. The highest BCUT2D eigenvalue weighted by atomic mass is 32.1. The first-order chi connectivity index (χ1) is 18.9. The number of carbonyl (C=O) groups excluding carboxylic acids is 1. The van der Waals surface area contributed by atoms with Crippen molar-refractivity contribution >= 4 is 28.6 Å². The van der Waals surface area contributed by atoms with Crippen molar-refractivity contribution in [2.45, 2.75) is 31.5 Å². The van der Waals surface area contributed by atoms with Crippen LogP contribution in [0.1, 0.15) is 24.4 Å². The Morgan fingerprint density at radius 1 is 1.05 bits per heavy atom. The molecule has 1 aliphatic heterocycles. The standard InChI is InChI=1S/C28H26F3N3O4S/c29-14-22(15-30)38-21-5-6-25-23(13-21)27(36)33(28(37)34(25)20-7-9-32(17-35)10-8-20)16-19-4-3-18(12-24(19)31)26-2-1-11-39-26/h1-6,11-13,17,20,22H,7-10,14-16H2. The number of amides is 1. The minimum absolute atomic E-state index is 0.0823. The number of alkyl halides is 2. The highest BCUT2D eigenvalue weighted by molar-refractivity contribution is 7.13. The largest absolute Gasteiger partial charge is 0.485 e. The van der Waals surface area contributed by atoms with Crippen molar-refractivity contribution in [2.75, 3.05) is 26.4 Å². The van der Waals surface area contributed by atoms with E-state index in [0.717, 1.165) is 15.9 Å². The van der Waals surface area contributed by atoms with Crippen LogP contribution in [0.3, 0.4) is 0 Å². The van der Waals surface area contributed by atoms with Gasteiger partial charge in [0.1, 0.15) is 24.9 Å². The van der Waals surface area contributed by atoms with Gasteiger partial charge in [-0.25, -0.2) is 18.0 Å². The number of ether oxygens (including phenoxy) is 1. The number of piperidine rings is 1. The van der Waals surface area contributed by atoms with Crippen LogP contribution in [0.5, 0.6) is 5.75 Å². The fourth-order valence-electron chi connectivity index (χ4n) is 4.92. The van der Waals surface area contributed by atoms with E-state index in [9.17, 15) is 23.2 Å². The summed E-state index contributed by atoms with van der Waals surface area (Å²) in [6.45, 7) is -1.52. The van der Waals surface area contributed by atoms with E-state index in [1.54, 1.807) is 17.0 Å². The zero-order valence-electron chi connectivity index (χ0n) is 20.9. The monoisotopic (exact) mass is 557 g/mol. The van der Waals surface area contributed by atoms with E-state index >= 15 is 4.39 Å². The number of rotatable bonds is 9. The van der Waals surface area contributed by atoms with Crippen LogP contribution in [0.25, 0.3) is 21.3 Å². The summed E-state index contributed by atoms with van der Waals surface area (Å²) in [6, 6.07) is 12.4. The molecule has 0 spiro atoms. The molecule has 39 heavy (non-hydrogen) atoms. The minimum Gasteiger partial charge on any atom is -0.485 e. The first kappa shape index (κ1) is 26.7. The Balaban J connectivity index is 1.61. The summed E-state index contributed by atoms with van der Waals surface area (Å²) in [6.07, 6.45) is 0.412. The van der Waals surface area contributed by atoms with Crippen molar-refractivity contribution in [2.24, 2.45) is 0 Å². The minimum atomic E-state index is -1.32. The van der Waals surface area contributed by atoms with Crippen LogP contribution in [0.4, 0.5) is 13.2 Å². The number of carbonyl (C=O) groups is 1. The van der Waals surface area contributed by atoms with Gasteiger partial charge in [0.25, 0.3) is 5.56 Å². The van der Waals surface area contributed by atoms with Gasteiger partial charge < -0.3 is 9.64 Å². The van der Waals surface area contributed by atoms with E-state index in [1.165, 1.54) is 40.2 Å². The molecule has 1 saturated heterocycles. The van der Waals surface area contributed by atoms with Crippen molar-refractivity contribution in [3.63, 3.8) is 0 Å². The topological polar surface area (TPSA) is 73.5 Å². The third-order valence-corrected chi connectivity index (χ3v) is 7.91. The molecule has 3 heterocycles. The van der Waals surface area contributed by atoms with Crippen LogP contribution in [-0.2, 0) is 11.3 Å². The van der Waals surface area contributed by atoms with Gasteiger partial charge >= 0.3 is 5.69 Å². The lowest BCUT2D eigenvalue weighted by Crippen LogP contribution is -2.44. The quantitative estimate of drug-likeness (QED) is 0.283. The van der Waals surface area contributed by atoms with Crippen molar-refractivity contribution in [1.82, 2.24) is 14.0 Å². The predicted octanol–water partition coefficient (Wildman–Crippen LogP) is 4.56. The molecule has 0 saturated carbocycles. The summed E-state index contributed by atoms with van der Waals surface area (Å²) >= 11 is 1.47. The molecule has 0 atom stereocenters. The SMILES string of the molecule is O=CN1CCC(n2c(=O)n(Cc3ccc(-c4cccs4)cc3F)c(=O)c3cc(OC(CF)CF)ccc32)CC1. The van der Waals surface area contributed by atoms with Gasteiger partial charge in [-0.2, -0.15) is 0 Å². The summed E-state index contributed by atoms with van der Waals surface area (Å²) in [5, 5.41) is 2.00. The Morgan fingerprint density at radius 2 is 1.82 bits per heavy atom. The van der Waals surface area contributed by atoms with Gasteiger partial charge in [0, 0.05) is 29.6 Å². The first-order valence-corrected chi connectivity index (χ1v) is 13.4. The molecule has 0 bridgehead atoms. The van der Waals surface area contributed by atoms with Gasteiger partial charge in [0.15, 0.2) is 6.10 Å². The van der Waals surface area contributed by atoms with Crippen molar-refractivity contribution in [1.29, 1.82) is 0 Å². The van der Waals surface area contributed by atoms with Crippen LogP contribution < -0.4 is 16.0 Å². The Kier molecular flexibility index (Phi) is 7.87. The number of thiophene rings is 1. The van der Waals surface area contributed by atoms with Crippen LogP contribution in [0, 0.1) is 5.82 Å². The highest BCUT2D eigenvalue weighted by Crippen LogP contribution is 2.28. The molecule has 4 aromatic rings. The maximum atomic E-state index is 15.2. The molecule has 204 valence electrons. The van der Waals surface area contributed by atoms with Gasteiger partial charge in [-0.05, 0) is 54.1 Å². The van der Waals surface area contributed by atoms with Crippen LogP contribution in [-0.4, -0.2) is 53.0 Å². The molecule has 0 unspecified atom stereocenters. The Labute approximate surface area is 225 Å². The van der Waals surface area contributed by atoms with Gasteiger partial charge in [0.05, 0.1) is 17.4 Å². The zero-order valence-corrected chi connectivity index (χ0v) is 21.7. The zero-order chi connectivity index (χ0) is 27.5. The molecule has 0 N–H and O–H groups in total. The van der Waals surface area contributed by atoms with Crippen LogP contribution in [0.2, 0.25) is 0 Å². The summed E-state index contributed by atoms with van der Waals surface area (Å²) < 4.78 is 49.2. The molecule has 7 nitrogen and oxygen atoms in total. The van der Waals surface area contributed by atoms with Gasteiger partial charge in [-0.3, -0.25) is 18.7 Å². The average Bonchev–Trinajstić information content (AvgIpc) is 3.50. The summed E-state index contributed by atoms with van der Waals surface area (Å²) in [5.74, 6) is -0.470. The number of aromatic nitrogens is 2. The maximum absolute atomic E-state index is 15.2. The fourth-order valence-corrected chi connectivity index (χ4v) is 5.64. The lowest BCUT2D eigenvalue weighted by atomic mass is 10.0. The van der Waals surface area contributed by atoms with Crippen LogP contribution in [0.15, 0.2) is 63.5 Å². The molecule has 1 amide bonds. The number of hydrogen-bond acceptors (Lipinski definition) is 5. The Morgan fingerprint density at radius 3 is 2.46 bits per heavy atom. The molecule has 0 aliphatic carbocycles. The van der Waals surface area contributed by atoms with Crippen molar-refractivity contribution < 1.29 is 22.7 Å². The second kappa shape index (κ2) is 11.5. The van der Waals surface area contributed by atoms with Gasteiger partial charge in [-0.15, -0.1) is 11.3 Å². The van der Waals surface area contributed by atoms with E-state index in [2.05, 4.69) is 0 Å². The summed E-state index contributed by atoms with van der Waals surface area (Å²) in [7, 11) is 0. The van der Waals surface area contributed by atoms with E-state index in [4.69, 9.17) is 4.74 Å². The number of nitrogens with zero attached hydrogens (tertiary/aromatic N) is 3. The third kappa shape index (κ3) is 5.36. The van der Waals surface area contributed by atoms with Gasteiger partial charge in [-0.1, -0.05) is 18.2 Å². The molecule has 1 aliphatic rings. The Bertz CT molecular complexity index is 1590. The number of halogens is 3. The smallest absolute Gasteiger partial charge is 0.332 e. The van der Waals surface area contributed by atoms with E-state index < -0.39 is 36.5 Å². The first-order valence-electron chi connectivity index (χ1n) is 12.5. The molecule has 11 heteroatoms. The average molecular weight is 558 g/mol. The van der Waals surface area contributed by atoms with E-state index in [1.807, 2.05) is 17.5 Å². The predicted molar refractivity (Wildman–Crippen MR) is 144 cm³/mol. The normalized spacial score (nSPS) is 14.3. The van der Waals surface area contributed by atoms with E-state index in [0.29, 0.717) is 37.0 Å². The molecule has 5 rings (SSSR count). The molecular formula is C28H26F3N3O4S. The summed E-state index contributed by atoms with van der Waals surface area (Å²) in [4.78, 5) is 41.1. The van der Waals surface area contributed by atoms with Crippen molar-refractivity contribution in [3.8, 4) is 16.2 Å². The van der Waals surface area contributed by atoms with Gasteiger partial charge in [0.2, 0.25) is 6.41 Å². The maximum Gasteiger partial charge on any atom is 0.332 e. The number of likely N-dealkylation sites (tertiary alicyclic amines) is 1. The number of hydrogen-bond donors (Lipinski definition) is 0. The molecular weight excluding hydrogens is 531 g/mol. The fraction of sp³-hybridized carbons (Fsp3) is 0.321. The lowest BCUT2D eigenvalue weighted by Gasteiger charge is -2.31. The lowest BCUT2D eigenvalue weighted by molar-refractivity contribution is -0.119. The highest BCUT2D eigenvalue weighted by Gasteiger charge is 2.25. The molecule has 1 fully saturated rings. The van der Waals surface area contributed by atoms with E-state index in [-0.39, 0.29) is 29.3 Å². The third-order valence-electron chi connectivity index (χ3n) is 6.99. The number of fused-ring (bicyclic) bond motifs is 1. The van der Waals surface area contributed by atoms with Crippen molar-refractivity contribution in [3.05, 3.63) is 86.1 Å². The van der Waals surface area contributed by atoms with Crippen LogP contribution >= 0.6 is 11.3 Å². The molecule has 0 radical (unpaired) electrons. The number of benzene rings is 2. The Hall–Kier alpha value is -3.86. The second-order valence-corrected chi connectivity index (χ2v) is 10.4. The second-order valence-electron chi connectivity index (χ2n) is 9.43. The summed E-state index contributed by atoms with van der Waals surface area (Å²) in [5.41, 5.74) is -0.0746. The molecule has 2 aromatic heterocycles.